The molecule has 0 bridgehead atoms. The minimum Gasteiger partial charge on any atom is -0.324 e. The molecule has 1 N–H and O–H groups in total. The second-order valence-electron chi connectivity index (χ2n) is 7.87. The maximum absolute atomic E-state index is 13.2. The third kappa shape index (κ3) is 4.40. The van der Waals surface area contributed by atoms with Gasteiger partial charge in [-0.3, -0.25) is 14.6 Å². The lowest BCUT2D eigenvalue weighted by Gasteiger charge is -2.22. The van der Waals surface area contributed by atoms with Crippen molar-refractivity contribution in [1.82, 2.24) is 0 Å². The van der Waals surface area contributed by atoms with Crippen LogP contribution in [-0.4, -0.2) is 24.1 Å². The minimum atomic E-state index is -0.240. The predicted molar refractivity (Wildman–Crippen MR) is 125 cm³/mol. The molecule has 5 heteroatoms. The van der Waals surface area contributed by atoms with E-state index in [0.717, 1.165) is 27.9 Å². The SMILES string of the molecule is Cc1ccc(C2=Nc3ccccc3N(CC(=O)Nc3cccc(C)c3C)C(=O)C2)cc1. The van der Waals surface area contributed by atoms with E-state index in [2.05, 4.69) is 5.32 Å². The number of fused-ring (bicyclic) bond motifs is 1. The zero-order chi connectivity index (χ0) is 22.0. The van der Waals surface area contributed by atoms with Gasteiger partial charge in [-0.1, -0.05) is 54.1 Å². The van der Waals surface area contributed by atoms with Crippen molar-refractivity contribution in [3.05, 3.63) is 89.0 Å². The van der Waals surface area contributed by atoms with Gasteiger partial charge in [0.1, 0.15) is 6.54 Å². The Morgan fingerprint density at radius 1 is 0.968 bits per heavy atom. The van der Waals surface area contributed by atoms with Crippen LogP contribution in [0.15, 0.2) is 71.7 Å². The fourth-order valence-electron chi connectivity index (χ4n) is 3.65. The number of hydrogen-bond donors (Lipinski definition) is 1. The van der Waals surface area contributed by atoms with E-state index in [-0.39, 0.29) is 24.8 Å². The number of anilines is 2. The second-order valence-corrected chi connectivity index (χ2v) is 7.87. The molecule has 0 fully saturated rings. The third-order valence-electron chi connectivity index (χ3n) is 5.61. The number of aryl methyl sites for hydroxylation is 2. The molecule has 1 aliphatic heterocycles. The molecule has 156 valence electrons. The molecule has 3 aromatic rings. The molecule has 0 radical (unpaired) electrons. The molecule has 0 atom stereocenters. The minimum absolute atomic E-state index is 0.0695. The van der Waals surface area contributed by atoms with Gasteiger partial charge in [-0.05, 0) is 55.7 Å². The first kappa shape index (κ1) is 20.5. The molecule has 2 amide bonds. The number of para-hydroxylation sites is 2. The summed E-state index contributed by atoms with van der Waals surface area (Å²) in [7, 11) is 0. The van der Waals surface area contributed by atoms with Crippen molar-refractivity contribution in [3.63, 3.8) is 0 Å². The van der Waals surface area contributed by atoms with Crippen LogP contribution in [0, 0.1) is 20.8 Å². The molecule has 0 saturated carbocycles. The molecule has 0 unspecified atom stereocenters. The first-order valence-corrected chi connectivity index (χ1v) is 10.3. The summed E-state index contributed by atoms with van der Waals surface area (Å²) in [6, 6.07) is 21.2. The highest BCUT2D eigenvalue weighted by Gasteiger charge is 2.26. The van der Waals surface area contributed by atoms with Crippen molar-refractivity contribution in [1.29, 1.82) is 0 Å². The van der Waals surface area contributed by atoms with Crippen LogP contribution in [0.1, 0.15) is 28.7 Å². The number of amides is 2. The Morgan fingerprint density at radius 3 is 2.48 bits per heavy atom. The molecular weight excluding hydrogens is 386 g/mol. The maximum atomic E-state index is 13.2. The Balaban J connectivity index is 1.61. The zero-order valence-electron chi connectivity index (χ0n) is 18.0. The van der Waals surface area contributed by atoms with Gasteiger partial charge in [0.15, 0.2) is 0 Å². The van der Waals surface area contributed by atoms with E-state index in [1.807, 2.05) is 87.5 Å². The fraction of sp³-hybridized carbons (Fsp3) is 0.192. The van der Waals surface area contributed by atoms with E-state index >= 15 is 0 Å². The molecule has 1 heterocycles. The van der Waals surface area contributed by atoms with Gasteiger partial charge in [-0.25, -0.2) is 0 Å². The summed E-state index contributed by atoms with van der Waals surface area (Å²) < 4.78 is 0. The van der Waals surface area contributed by atoms with Crippen LogP contribution >= 0.6 is 0 Å². The highest BCUT2D eigenvalue weighted by Crippen LogP contribution is 2.33. The largest absolute Gasteiger partial charge is 0.324 e. The van der Waals surface area contributed by atoms with Crippen molar-refractivity contribution >= 4 is 34.6 Å². The van der Waals surface area contributed by atoms with Gasteiger partial charge >= 0.3 is 0 Å². The summed E-state index contributed by atoms with van der Waals surface area (Å²) in [4.78, 5) is 32.4. The van der Waals surface area contributed by atoms with E-state index < -0.39 is 0 Å². The quantitative estimate of drug-likeness (QED) is 0.649. The second kappa shape index (κ2) is 8.56. The number of rotatable bonds is 4. The van der Waals surface area contributed by atoms with Gasteiger partial charge in [-0.15, -0.1) is 0 Å². The number of nitrogens with zero attached hydrogens (tertiary/aromatic N) is 2. The average Bonchev–Trinajstić information content (AvgIpc) is 2.89. The molecule has 3 aromatic carbocycles. The lowest BCUT2D eigenvalue weighted by Crippen LogP contribution is -2.38. The van der Waals surface area contributed by atoms with Crippen LogP contribution in [0.4, 0.5) is 17.1 Å². The van der Waals surface area contributed by atoms with Crippen molar-refractivity contribution < 1.29 is 9.59 Å². The topological polar surface area (TPSA) is 61.8 Å². The number of nitrogens with one attached hydrogen (secondary N) is 1. The van der Waals surface area contributed by atoms with Crippen LogP contribution in [0.25, 0.3) is 0 Å². The molecule has 0 aliphatic carbocycles. The Hall–Kier alpha value is -3.73. The Labute approximate surface area is 182 Å². The summed E-state index contributed by atoms with van der Waals surface area (Å²) in [5.74, 6) is -0.393. The van der Waals surface area contributed by atoms with Gasteiger partial charge in [-0.2, -0.15) is 0 Å². The van der Waals surface area contributed by atoms with E-state index in [4.69, 9.17) is 4.99 Å². The number of aliphatic imine (C=N–C) groups is 1. The molecule has 31 heavy (non-hydrogen) atoms. The van der Waals surface area contributed by atoms with Gasteiger partial charge in [0, 0.05) is 5.69 Å². The van der Waals surface area contributed by atoms with Crippen molar-refractivity contribution in [2.24, 2.45) is 4.99 Å². The number of carbonyl (C=O) groups excluding carboxylic acids is 2. The normalized spacial score (nSPS) is 13.3. The van der Waals surface area contributed by atoms with Crippen molar-refractivity contribution in [2.75, 3.05) is 16.8 Å². The Morgan fingerprint density at radius 2 is 1.71 bits per heavy atom. The van der Waals surface area contributed by atoms with Gasteiger partial charge < -0.3 is 10.2 Å². The standard InChI is InChI=1S/C26H25N3O2/c1-17-11-13-20(14-12-17)23-15-26(31)29(24-10-5-4-8-22(24)27-23)16-25(30)28-21-9-6-7-18(2)19(21)3/h4-14H,15-16H2,1-3H3,(H,28,30). The van der Waals surface area contributed by atoms with Crippen LogP contribution < -0.4 is 10.2 Å². The predicted octanol–water partition coefficient (Wildman–Crippen LogP) is 5.11. The van der Waals surface area contributed by atoms with Gasteiger partial charge in [0.05, 0.1) is 23.5 Å². The molecule has 4 rings (SSSR count). The first-order chi connectivity index (χ1) is 14.9. The van der Waals surface area contributed by atoms with Crippen molar-refractivity contribution in [2.45, 2.75) is 27.2 Å². The molecule has 0 saturated heterocycles. The number of carbonyl (C=O) groups is 2. The van der Waals surface area contributed by atoms with E-state index in [1.54, 1.807) is 0 Å². The van der Waals surface area contributed by atoms with Gasteiger partial charge in [0.25, 0.3) is 0 Å². The Kier molecular flexibility index (Phi) is 5.67. The van der Waals surface area contributed by atoms with Crippen LogP contribution in [0.3, 0.4) is 0 Å². The maximum Gasteiger partial charge on any atom is 0.244 e. The highest BCUT2D eigenvalue weighted by atomic mass is 16.2. The molecule has 1 aliphatic rings. The lowest BCUT2D eigenvalue weighted by atomic mass is 10.1. The molecular formula is C26H25N3O2. The molecule has 0 aromatic heterocycles. The average molecular weight is 412 g/mol. The summed E-state index contributed by atoms with van der Waals surface area (Å²) in [6.07, 6.45) is 0.133. The Bertz CT molecular complexity index is 1180. The summed E-state index contributed by atoms with van der Waals surface area (Å²) in [5.41, 5.74) is 6.97. The highest BCUT2D eigenvalue weighted by molar-refractivity contribution is 6.19. The van der Waals surface area contributed by atoms with Crippen molar-refractivity contribution in [3.8, 4) is 0 Å². The van der Waals surface area contributed by atoms with Crippen LogP contribution in [0.2, 0.25) is 0 Å². The lowest BCUT2D eigenvalue weighted by molar-refractivity contribution is -0.120. The summed E-state index contributed by atoms with van der Waals surface area (Å²) in [5, 5.41) is 2.95. The first-order valence-electron chi connectivity index (χ1n) is 10.3. The monoisotopic (exact) mass is 411 g/mol. The smallest absolute Gasteiger partial charge is 0.244 e. The van der Waals surface area contributed by atoms with Gasteiger partial charge in [0.2, 0.25) is 11.8 Å². The fourth-order valence-corrected chi connectivity index (χ4v) is 3.65. The zero-order valence-corrected chi connectivity index (χ0v) is 18.0. The molecule has 5 nitrogen and oxygen atoms in total. The van der Waals surface area contributed by atoms with E-state index in [1.165, 1.54) is 4.90 Å². The summed E-state index contributed by atoms with van der Waals surface area (Å²) in [6.45, 7) is 5.93. The van der Waals surface area contributed by atoms with Crippen LogP contribution in [0.5, 0.6) is 0 Å². The van der Waals surface area contributed by atoms with E-state index in [0.29, 0.717) is 17.1 Å². The summed E-state index contributed by atoms with van der Waals surface area (Å²) >= 11 is 0. The number of benzene rings is 3. The third-order valence-corrected chi connectivity index (χ3v) is 5.61. The molecule has 0 spiro atoms. The van der Waals surface area contributed by atoms with Crippen LogP contribution in [-0.2, 0) is 9.59 Å². The van der Waals surface area contributed by atoms with E-state index in [9.17, 15) is 9.59 Å². The number of hydrogen-bond acceptors (Lipinski definition) is 3.